The van der Waals surface area contributed by atoms with E-state index in [4.69, 9.17) is 5.84 Å². The molecule has 0 aromatic carbocycles. The van der Waals surface area contributed by atoms with Crippen LogP contribution in [0.4, 0.5) is 5.69 Å². The molecule has 8 nitrogen and oxygen atoms in total. The summed E-state index contributed by atoms with van der Waals surface area (Å²) in [6.07, 6.45) is 1.56. The van der Waals surface area contributed by atoms with Crippen LogP contribution in [-0.4, -0.2) is 29.8 Å². The lowest BCUT2D eigenvalue weighted by molar-refractivity contribution is -0.151. The van der Waals surface area contributed by atoms with Gasteiger partial charge >= 0.3 is 5.97 Å². The van der Waals surface area contributed by atoms with E-state index in [1.165, 1.54) is 10.7 Å². The first-order chi connectivity index (χ1) is 8.04. The van der Waals surface area contributed by atoms with Gasteiger partial charge in [-0.15, -0.1) is 0 Å². The predicted octanol–water partition coefficient (Wildman–Crippen LogP) is -1.38. The van der Waals surface area contributed by atoms with Crippen LogP contribution in [0.3, 0.4) is 0 Å². The minimum atomic E-state index is -0.558. The highest BCUT2D eigenvalue weighted by molar-refractivity contribution is 5.68. The van der Waals surface area contributed by atoms with E-state index in [1.54, 1.807) is 16.7 Å². The van der Waals surface area contributed by atoms with Crippen LogP contribution in [0.25, 0.3) is 0 Å². The van der Waals surface area contributed by atoms with Crippen LogP contribution in [0.1, 0.15) is 6.42 Å². The van der Waals surface area contributed by atoms with Gasteiger partial charge in [-0.05, 0) is 0 Å². The van der Waals surface area contributed by atoms with E-state index in [9.17, 15) is 9.59 Å². The molecule has 0 aliphatic rings. The Kier molecular flexibility index (Phi) is 4.61. The third-order valence-electron chi connectivity index (χ3n) is 2.07. The van der Waals surface area contributed by atoms with Crippen molar-refractivity contribution in [2.45, 2.75) is 13.0 Å². The van der Waals surface area contributed by atoms with Crippen molar-refractivity contribution < 1.29 is 9.63 Å². The van der Waals surface area contributed by atoms with Crippen LogP contribution < -0.4 is 21.9 Å². The molecule has 0 fully saturated rings. The fourth-order valence-corrected chi connectivity index (χ4v) is 1.15. The molecule has 0 spiro atoms. The van der Waals surface area contributed by atoms with E-state index >= 15 is 0 Å². The number of anilines is 1. The molecule has 0 amide bonds. The molecule has 1 aromatic heterocycles. The van der Waals surface area contributed by atoms with Gasteiger partial charge in [-0.3, -0.25) is 9.59 Å². The maximum atomic E-state index is 11.6. The van der Waals surface area contributed by atoms with Crippen molar-refractivity contribution >= 4 is 11.7 Å². The first kappa shape index (κ1) is 13.1. The van der Waals surface area contributed by atoms with Crippen molar-refractivity contribution in [2.24, 2.45) is 5.84 Å². The number of aryl methyl sites for hydroxylation is 1. The van der Waals surface area contributed by atoms with Gasteiger partial charge < -0.3 is 9.74 Å². The van der Waals surface area contributed by atoms with Gasteiger partial charge in [0.1, 0.15) is 0 Å². The Morgan fingerprint density at radius 3 is 2.88 bits per heavy atom. The van der Waals surface area contributed by atoms with Gasteiger partial charge in [0.25, 0.3) is 5.56 Å². The van der Waals surface area contributed by atoms with Crippen LogP contribution in [0.5, 0.6) is 0 Å². The monoisotopic (exact) mass is 241 g/mol. The number of rotatable bonds is 5. The molecule has 0 aliphatic heterocycles. The number of nitrogens with one attached hydrogen (secondary N) is 1. The van der Waals surface area contributed by atoms with Crippen molar-refractivity contribution in [1.29, 1.82) is 0 Å². The number of nitrogens with two attached hydrogens (primary N) is 1. The Bertz CT molecular complexity index is 443. The highest BCUT2D eigenvalue weighted by Crippen LogP contribution is 2.03. The zero-order valence-electron chi connectivity index (χ0n) is 9.71. The Balaban J connectivity index is 2.67. The van der Waals surface area contributed by atoms with Crippen molar-refractivity contribution in [1.82, 2.24) is 15.4 Å². The molecule has 0 unspecified atom stereocenters. The lowest BCUT2D eigenvalue weighted by atomic mass is 10.4. The molecule has 94 valence electrons. The molecule has 0 aliphatic carbocycles. The van der Waals surface area contributed by atoms with E-state index in [0.717, 1.165) is 0 Å². The van der Waals surface area contributed by atoms with E-state index < -0.39 is 5.97 Å². The van der Waals surface area contributed by atoms with Crippen molar-refractivity contribution in [3.05, 3.63) is 22.6 Å². The SMILES string of the molecule is CN(C)c1cnn(CCC(=O)ONN)c(=O)c1. The number of hydrazine groups is 1. The van der Waals surface area contributed by atoms with Crippen molar-refractivity contribution in [2.75, 3.05) is 19.0 Å². The van der Waals surface area contributed by atoms with Gasteiger partial charge in [-0.2, -0.15) is 5.10 Å². The molecular weight excluding hydrogens is 226 g/mol. The quantitative estimate of drug-likeness (QED) is 0.484. The van der Waals surface area contributed by atoms with E-state index in [0.29, 0.717) is 5.69 Å². The summed E-state index contributed by atoms with van der Waals surface area (Å²) in [7, 11) is 3.62. The molecule has 1 aromatic rings. The zero-order chi connectivity index (χ0) is 12.8. The molecule has 1 heterocycles. The first-order valence-electron chi connectivity index (χ1n) is 4.94. The first-order valence-corrected chi connectivity index (χ1v) is 4.94. The topological polar surface area (TPSA) is 102 Å². The molecule has 0 saturated heterocycles. The number of carbonyl (C=O) groups is 1. The third kappa shape index (κ3) is 3.85. The number of hydrogen-bond donors (Lipinski definition) is 2. The minimum Gasteiger partial charge on any atom is -0.376 e. The molecule has 1 rings (SSSR count). The third-order valence-corrected chi connectivity index (χ3v) is 2.07. The molecule has 3 N–H and O–H groups in total. The molecule has 0 radical (unpaired) electrons. The second-order valence-corrected chi connectivity index (χ2v) is 3.51. The Hall–Kier alpha value is -1.93. The van der Waals surface area contributed by atoms with Gasteiger partial charge in [0, 0.05) is 20.2 Å². The second-order valence-electron chi connectivity index (χ2n) is 3.51. The highest BCUT2D eigenvalue weighted by Gasteiger charge is 2.06. The van der Waals surface area contributed by atoms with Gasteiger partial charge in [0.05, 0.1) is 24.8 Å². The molecule has 0 saturated carbocycles. The summed E-state index contributed by atoms with van der Waals surface area (Å²) in [6.45, 7) is 0.146. The summed E-state index contributed by atoms with van der Waals surface area (Å²) in [5.41, 5.74) is 2.21. The normalized spacial score (nSPS) is 10.1. The maximum Gasteiger partial charge on any atom is 0.328 e. The lowest BCUT2D eigenvalue weighted by Crippen LogP contribution is -2.29. The average Bonchev–Trinajstić information content (AvgIpc) is 2.27. The largest absolute Gasteiger partial charge is 0.376 e. The smallest absolute Gasteiger partial charge is 0.328 e. The Morgan fingerprint density at radius 2 is 2.35 bits per heavy atom. The number of nitrogens with zero attached hydrogens (tertiary/aromatic N) is 3. The van der Waals surface area contributed by atoms with Gasteiger partial charge in [-0.25, -0.2) is 10.5 Å². The lowest BCUT2D eigenvalue weighted by Gasteiger charge is -2.12. The van der Waals surface area contributed by atoms with Crippen LogP contribution in [0, 0.1) is 0 Å². The molecule has 0 atom stereocenters. The fourth-order valence-electron chi connectivity index (χ4n) is 1.15. The van der Waals surface area contributed by atoms with Crippen molar-refractivity contribution in [3.63, 3.8) is 0 Å². The number of hydrogen-bond acceptors (Lipinski definition) is 7. The van der Waals surface area contributed by atoms with Crippen LogP contribution in [0.15, 0.2) is 17.1 Å². The maximum absolute atomic E-state index is 11.6. The molecule has 17 heavy (non-hydrogen) atoms. The number of aromatic nitrogens is 2. The fraction of sp³-hybridized carbons (Fsp3) is 0.444. The van der Waals surface area contributed by atoms with E-state index in [1.807, 2.05) is 14.1 Å². The van der Waals surface area contributed by atoms with Crippen LogP contribution in [0.2, 0.25) is 0 Å². The van der Waals surface area contributed by atoms with Gasteiger partial charge in [0.2, 0.25) is 0 Å². The summed E-state index contributed by atoms with van der Waals surface area (Å²) in [4.78, 5) is 28.7. The summed E-state index contributed by atoms with van der Waals surface area (Å²) in [5.74, 6) is 4.24. The summed E-state index contributed by atoms with van der Waals surface area (Å²) < 4.78 is 1.19. The number of carbonyl (C=O) groups excluding carboxylic acids is 1. The highest BCUT2D eigenvalue weighted by atomic mass is 16.7. The van der Waals surface area contributed by atoms with Gasteiger partial charge in [0.15, 0.2) is 0 Å². The predicted molar refractivity (Wildman–Crippen MR) is 60.9 cm³/mol. The molecular formula is C9H15N5O3. The summed E-state index contributed by atoms with van der Waals surface area (Å²) >= 11 is 0. The minimum absolute atomic E-state index is 0.0123. The molecule has 0 bridgehead atoms. The summed E-state index contributed by atoms with van der Waals surface area (Å²) in [5, 5.41) is 3.93. The average molecular weight is 241 g/mol. The van der Waals surface area contributed by atoms with Crippen LogP contribution in [-0.2, 0) is 16.2 Å². The van der Waals surface area contributed by atoms with E-state index in [2.05, 4.69) is 9.94 Å². The Labute approximate surface area is 97.9 Å². The Morgan fingerprint density at radius 1 is 1.65 bits per heavy atom. The van der Waals surface area contributed by atoms with E-state index in [-0.39, 0.29) is 18.5 Å². The standard InChI is InChI=1S/C9H15N5O3/c1-13(2)7-5-8(15)14(11-6-7)4-3-9(16)17-12-10/h5-6,12H,3-4,10H2,1-2H3. The zero-order valence-corrected chi connectivity index (χ0v) is 9.71. The second kappa shape index (κ2) is 5.97. The van der Waals surface area contributed by atoms with Crippen molar-refractivity contribution in [3.8, 4) is 0 Å². The molecule has 8 heteroatoms. The summed E-state index contributed by atoms with van der Waals surface area (Å²) in [6, 6.07) is 1.44. The van der Waals surface area contributed by atoms with Crippen LogP contribution >= 0.6 is 0 Å². The van der Waals surface area contributed by atoms with Gasteiger partial charge in [-0.1, -0.05) is 5.59 Å².